The lowest BCUT2D eigenvalue weighted by atomic mass is 9.82. The smallest absolute Gasteiger partial charge is 0.0540 e. The average Bonchev–Trinajstić information content (AvgIpc) is 3.38. The lowest BCUT2D eigenvalue weighted by Gasteiger charge is -2.29. The maximum atomic E-state index is 2.42. The minimum atomic E-state index is -0.205. The van der Waals surface area contributed by atoms with E-state index in [2.05, 4.69) is 206 Å². The lowest BCUT2D eigenvalue weighted by Crippen LogP contribution is -2.17. The van der Waals surface area contributed by atoms with Crippen LogP contribution in [0.3, 0.4) is 0 Å². The molecule has 0 bridgehead atoms. The van der Waals surface area contributed by atoms with E-state index in [-0.39, 0.29) is 5.41 Å². The van der Waals surface area contributed by atoms with E-state index >= 15 is 0 Å². The zero-order valence-corrected chi connectivity index (χ0v) is 27.7. The first-order chi connectivity index (χ1) is 24.1. The van der Waals surface area contributed by atoms with Crippen molar-refractivity contribution in [3.63, 3.8) is 0 Å². The third kappa shape index (κ3) is 4.88. The quantitative estimate of drug-likeness (QED) is 0.181. The Morgan fingerprint density at radius 2 is 0.837 bits per heavy atom. The van der Waals surface area contributed by atoms with Crippen molar-refractivity contribution >= 4 is 55.7 Å². The van der Waals surface area contributed by atoms with E-state index in [9.17, 15) is 0 Å². The van der Waals surface area contributed by atoms with Crippen molar-refractivity contribution in [1.29, 1.82) is 0 Å². The minimum Gasteiger partial charge on any atom is -0.310 e. The summed E-state index contributed by atoms with van der Waals surface area (Å²) in [6.07, 6.45) is 0. The molecule has 0 N–H and O–H groups in total. The molecule has 8 aromatic rings. The first kappa shape index (κ1) is 29.1. The van der Waals surface area contributed by atoms with Crippen molar-refractivity contribution in [3.05, 3.63) is 193 Å². The zero-order chi connectivity index (χ0) is 33.0. The van der Waals surface area contributed by atoms with Crippen LogP contribution in [-0.2, 0) is 5.41 Å². The second-order valence-electron chi connectivity index (χ2n) is 13.5. The molecule has 8 aromatic carbocycles. The molecule has 0 unspecified atom stereocenters. The van der Waals surface area contributed by atoms with Crippen molar-refractivity contribution in [3.8, 4) is 11.1 Å². The Morgan fingerprint density at radius 1 is 0.347 bits per heavy atom. The van der Waals surface area contributed by atoms with E-state index in [4.69, 9.17) is 0 Å². The van der Waals surface area contributed by atoms with Gasteiger partial charge in [-0.15, -0.1) is 0 Å². The highest BCUT2D eigenvalue weighted by molar-refractivity contribution is 5.99. The van der Waals surface area contributed by atoms with Crippen LogP contribution in [0.1, 0.15) is 25.0 Å². The molecule has 234 valence electrons. The summed E-state index contributed by atoms with van der Waals surface area (Å²) in [5.41, 5.74) is 12.0. The highest BCUT2D eigenvalue weighted by atomic mass is 15.1. The fourth-order valence-corrected chi connectivity index (χ4v) is 7.74. The average molecular weight is 629 g/mol. The van der Waals surface area contributed by atoms with Crippen molar-refractivity contribution in [1.82, 2.24) is 0 Å². The van der Waals surface area contributed by atoms with E-state index < -0.39 is 0 Å². The number of hydrogen-bond donors (Lipinski definition) is 0. The van der Waals surface area contributed by atoms with Crippen LogP contribution >= 0.6 is 0 Å². The van der Waals surface area contributed by atoms with Gasteiger partial charge in [-0.25, -0.2) is 0 Å². The van der Waals surface area contributed by atoms with Crippen molar-refractivity contribution in [2.24, 2.45) is 0 Å². The summed E-state index contributed by atoms with van der Waals surface area (Å²) in [6, 6.07) is 66.1. The summed E-state index contributed by atoms with van der Waals surface area (Å²) in [5.74, 6) is 0. The molecule has 9 rings (SSSR count). The molecule has 1 aliphatic rings. The summed E-state index contributed by atoms with van der Waals surface area (Å²) in [5, 5.41) is 4.94. The van der Waals surface area contributed by atoms with E-state index in [1.165, 1.54) is 49.5 Å². The van der Waals surface area contributed by atoms with Crippen LogP contribution in [0.5, 0.6) is 0 Å². The number of nitrogens with zero attached hydrogens (tertiary/aromatic N) is 2. The molecule has 0 fully saturated rings. The standard InChI is InChI=1S/C47H36N2/c1-47(2)44-31-39(48(36-18-5-3-6-19-36)38-25-24-33-14-9-10-16-35(33)30-38)26-28-42(44)43-29-27-40(32-45(43)47)49(37-20-7-4-8-21-37)46-23-13-17-34-15-11-12-22-41(34)46/h3-32H,1-2H3. The molecule has 0 radical (unpaired) electrons. The van der Waals surface area contributed by atoms with Crippen LogP contribution in [0.4, 0.5) is 34.1 Å². The maximum absolute atomic E-state index is 2.42. The monoisotopic (exact) mass is 628 g/mol. The molecule has 1 aliphatic carbocycles. The third-order valence-corrected chi connectivity index (χ3v) is 10.2. The zero-order valence-electron chi connectivity index (χ0n) is 27.7. The fourth-order valence-electron chi connectivity index (χ4n) is 7.74. The van der Waals surface area contributed by atoms with Gasteiger partial charge < -0.3 is 9.80 Å². The number of rotatable bonds is 6. The van der Waals surface area contributed by atoms with Crippen molar-refractivity contribution in [2.45, 2.75) is 19.3 Å². The molecule has 0 spiro atoms. The van der Waals surface area contributed by atoms with Crippen LogP contribution in [0.25, 0.3) is 32.7 Å². The maximum Gasteiger partial charge on any atom is 0.0540 e. The van der Waals surface area contributed by atoms with Gasteiger partial charge in [0.2, 0.25) is 0 Å². The second kappa shape index (κ2) is 11.5. The molecular formula is C47H36N2. The largest absolute Gasteiger partial charge is 0.310 e. The van der Waals surface area contributed by atoms with Crippen LogP contribution in [-0.4, -0.2) is 0 Å². The Morgan fingerprint density at radius 3 is 1.51 bits per heavy atom. The van der Waals surface area contributed by atoms with Gasteiger partial charge in [-0.3, -0.25) is 0 Å². The predicted octanol–water partition coefficient (Wildman–Crippen LogP) is 13.2. The normalized spacial score (nSPS) is 12.9. The highest BCUT2D eigenvalue weighted by Crippen LogP contribution is 2.52. The van der Waals surface area contributed by atoms with E-state index in [1.807, 2.05) is 0 Å². The Bertz CT molecular complexity index is 2470. The summed E-state index contributed by atoms with van der Waals surface area (Å²) >= 11 is 0. The third-order valence-electron chi connectivity index (χ3n) is 10.2. The van der Waals surface area contributed by atoms with Gasteiger partial charge in [0.05, 0.1) is 5.69 Å². The molecule has 0 aliphatic heterocycles. The second-order valence-corrected chi connectivity index (χ2v) is 13.5. The molecule has 0 heterocycles. The summed E-state index contributed by atoms with van der Waals surface area (Å²) in [7, 11) is 0. The number of hydrogen-bond acceptors (Lipinski definition) is 2. The van der Waals surface area contributed by atoms with Gasteiger partial charge in [0, 0.05) is 39.2 Å². The van der Waals surface area contributed by atoms with E-state index in [1.54, 1.807) is 0 Å². The highest BCUT2D eigenvalue weighted by Gasteiger charge is 2.37. The SMILES string of the molecule is CC1(C)c2cc(N(c3ccccc3)c3ccc4ccccc4c3)ccc2-c2ccc(N(c3ccccc3)c3cccc4ccccc34)cc21. The molecule has 49 heavy (non-hydrogen) atoms. The van der Waals surface area contributed by atoms with Crippen LogP contribution < -0.4 is 9.80 Å². The van der Waals surface area contributed by atoms with Gasteiger partial charge in [-0.2, -0.15) is 0 Å². The Balaban J connectivity index is 1.17. The topological polar surface area (TPSA) is 6.48 Å². The molecular weight excluding hydrogens is 593 g/mol. The molecule has 0 amide bonds. The van der Waals surface area contributed by atoms with Crippen LogP contribution in [0, 0.1) is 0 Å². The fraction of sp³-hybridized carbons (Fsp3) is 0.0638. The summed E-state index contributed by atoms with van der Waals surface area (Å²) in [4.78, 5) is 4.79. The van der Waals surface area contributed by atoms with Gasteiger partial charge in [0.1, 0.15) is 0 Å². The first-order valence-electron chi connectivity index (χ1n) is 17.0. The van der Waals surface area contributed by atoms with Crippen molar-refractivity contribution in [2.75, 3.05) is 9.80 Å². The Hall–Kier alpha value is -6.12. The number of fused-ring (bicyclic) bond motifs is 5. The molecule has 2 heteroatoms. The van der Waals surface area contributed by atoms with Crippen molar-refractivity contribution < 1.29 is 0 Å². The molecule has 0 saturated heterocycles. The van der Waals surface area contributed by atoms with Gasteiger partial charge in [0.25, 0.3) is 0 Å². The van der Waals surface area contributed by atoms with Gasteiger partial charge in [-0.1, -0.05) is 129 Å². The van der Waals surface area contributed by atoms with E-state index in [0.717, 1.165) is 28.4 Å². The van der Waals surface area contributed by atoms with Gasteiger partial charge in [0.15, 0.2) is 0 Å². The van der Waals surface area contributed by atoms with Crippen LogP contribution in [0.15, 0.2) is 182 Å². The number of benzene rings is 8. The number of anilines is 6. The first-order valence-corrected chi connectivity index (χ1v) is 17.0. The van der Waals surface area contributed by atoms with Gasteiger partial charge in [-0.05, 0) is 105 Å². The summed E-state index contributed by atoms with van der Waals surface area (Å²) < 4.78 is 0. The minimum absolute atomic E-state index is 0.205. The molecule has 0 saturated carbocycles. The van der Waals surface area contributed by atoms with Gasteiger partial charge >= 0.3 is 0 Å². The van der Waals surface area contributed by atoms with E-state index in [0.29, 0.717) is 0 Å². The molecule has 0 atom stereocenters. The predicted molar refractivity (Wildman–Crippen MR) is 208 cm³/mol. The molecule has 2 nitrogen and oxygen atoms in total. The Labute approximate surface area is 288 Å². The number of para-hydroxylation sites is 2. The lowest BCUT2D eigenvalue weighted by molar-refractivity contribution is 0.660. The Kier molecular flexibility index (Phi) is 6.84. The summed E-state index contributed by atoms with van der Waals surface area (Å²) in [6.45, 7) is 4.75. The van der Waals surface area contributed by atoms with Crippen LogP contribution in [0.2, 0.25) is 0 Å². The molecule has 0 aromatic heterocycles.